The van der Waals surface area contributed by atoms with Gasteiger partial charge in [0.25, 0.3) is 0 Å². The SMILES string of the molecule is O=C(c1cccc(Cl)c1Cl)C1NCCc2ccccc21. The maximum absolute atomic E-state index is 12.7. The molecule has 0 aromatic heterocycles. The third kappa shape index (κ3) is 2.35. The summed E-state index contributed by atoms with van der Waals surface area (Å²) in [6.45, 7) is 0.783. The third-order valence-corrected chi connectivity index (χ3v) is 4.41. The Hall–Kier alpha value is -1.35. The van der Waals surface area contributed by atoms with E-state index in [-0.39, 0.29) is 11.8 Å². The van der Waals surface area contributed by atoms with Crippen molar-refractivity contribution in [2.75, 3.05) is 6.54 Å². The Morgan fingerprint density at radius 2 is 1.90 bits per heavy atom. The molecule has 0 spiro atoms. The van der Waals surface area contributed by atoms with Gasteiger partial charge in [-0.2, -0.15) is 0 Å². The first kappa shape index (κ1) is 13.6. The Bertz CT molecular complexity index is 669. The highest BCUT2D eigenvalue weighted by Gasteiger charge is 2.28. The van der Waals surface area contributed by atoms with Crippen molar-refractivity contribution in [1.29, 1.82) is 0 Å². The Morgan fingerprint density at radius 3 is 2.75 bits per heavy atom. The highest BCUT2D eigenvalue weighted by Crippen LogP contribution is 2.31. The molecule has 20 heavy (non-hydrogen) atoms. The van der Waals surface area contributed by atoms with Gasteiger partial charge in [-0.3, -0.25) is 4.79 Å². The van der Waals surface area contributed by atoms with Gasteiger partial charge in [-0.1, -0.05) is 53.5 Å². The summed E-state index contributed by atoms with van der Waals surface area (Å²) in [5.41, 5.74) is 2.70. The molecule has 0 fully saturated rings. The molecule has 3 rings (SSSR count). The minimum atomic E-state index is -0.351. The van der Waals surface area contributed by atoms with Crippen LogP contribution in [0.3, 0.4) is 0 Å². The van der Waals surface area contributed by atoms with Crippen LogP contribution >= 0.6 is 23.2 Å². The van der Waals surface area contributed by atoms with Gasteiger partial charge in [-0.25, -0.2) is 0 Å². The summed E-state index contributed by atoms with van der Waals surface area (Å²) in [5, 5.41) is 4.00. The highest BCUT2D eigenvalue weighted by molar-refractivity contribution is 6.44. The van der Waals surface area contributed by atoms with Gasteiger partial charge in [0.15, 0.2) is 5.78 Å². The molecule has 2 aromatic carbocycles. The van der Waals surface area contributed by atoms with Gasteiger partial charge in [-0.05, 0) is 29.7 Å². The Balaban J connectivity index is 2.02. The second kappa shape index (κ2) is 5.57. The third-order valence-electron chi connectivity index (χ3n) is 3.59. The van der Waals surface area contributed by atoms with Crippen LogP contribution in [0, 0.1) is 0 Å². The Morgan fingerprint density at radius 1 is 1.10 bits per heavy atom. The molecule has 1 N–H and O–H groups in total. The van der Waals surface area contributed by atoms with Gasteiger partial charge in [-0.15, -0.1) is 0 Å². The molecule has 1 unspecified atom stereocenters. The maximum atomic E-state index is 12.7. The number of hydrogen-bond acceptors (Lipinski definition) is 2. The molecule has 0 radical (unpaired) electrons. The Kier molecular flexibility index (Phi) is 3.79. The molecular formula is C16H13Cl2NO. The minimum Gasteiger partial charge on any atom is -0.303 e. The number of benzene rings is 2. The molecule has 2 nitrogen and oxygen atoms in total. The standard InChI is InChI=1S/C16H13Cl2NO/c17-13-7-3-6-12(14(13)18)16(20)15-11-5-2-1-4-10(11)8-9-19-15/h1-7,15,19H,8-9H2. The number of rotatable bonds is 2. The smallest absolute Gasteiger partial charge is 0.185 e. The van der Waals surface area contributed by atoms with E-state index in [4.69, 9.17) is 23.2 Å². The van der Waals surface area contributed by atoms with Gasteiger partial charge in [0.2, 0.25) is 0 Å². The van der Waals surface area contributed by atoms with Crippen molar-refractivity contribution in [2.45, 2.75) is 12.5 Å². The monoisotopic (exact) mass is 305 g/mol. The molecule has 2 aromatic rings. The van der Waals surface area contributed by atoms with Crippen molar-refractivity contribution in [3.8, 4) is 0 Å². The number of nitrogens with one attached hydrogen (secondary N) is 1. The van der Waals surface area contributed by atoms with E-state index < -0.39 is 0 Å². The van der Waals surface area contributed by atoms with Crippen molar-refractivity contribution in [3.63, 3.8) is 0 Å². The van der Waals surface area contributed by atoms with E-state index in [0.717, 1.165) is 18.5 Å². The summed E-state index contributed by atoms with van der Waals surface area (Å²) in [7, 11) is 0. The number of Topliss-reactive ketones (excluding diaryl/α,β-unsaturated/α-hetero) is 1. The average molecular weight is 306 g/mol. The molecule has 0 amide bonds. The maximum Gasteiger partial charge on any atom is 0.185 e. The molecule has 0 aliphatic carbocycles. The minimum absolute atomic E-state index is 0.0374. The molecule has 1 aliphatic heterocycles. The van der Waals surface area contributed by atoms with E-state index in [2.05, 4.69) is 11.4 Å². The number of fused-ring (bicyclic) bond motifs is 1. The van der Waals surface area contributed by atoms with Crippen molar-refractivity contribution < 1.29 is 4.79 Å². The van der Waals surface area contributed by atoms with Crippen molar-refractivity contribution in [1.82, 2.24) is 5.32 Å². The molecular weight excluding hydrogens is 293 g/mol. The molecule has 4 heteroatoms. The number of hydrogen-bond donors (Lipinski definition) is 1. The fraction of sp³-hybridized carbons (Fsp3) is 0.188. The summed E-state index contributed by atoms with van der Waals surface area (Å²) in [4.78, 5) is 12.7. The normalized spacial score (nSPS) is 17.6. The van der Waals surface area contributed by atoms with Crippen LogP contribution in [0.15, 0.2) is 42.5 Å². The van der Waals surface area contributed by atoms with Crippen molar-refractivity contribution in [2.24, 2.45) is 0 Å². The first-order valence-corrected chi connectivity index (χ1v) is 7.23. The van der Waals surface area contributed by atoms with Crippen LogP contribution in [0.5, 0.6) is 0 Å². The lowest BCUT2D eigenvalue weighted by Gasteiger charge is -2.26. The fourth-order valence-corrected chi connectivity index (χ4v) is 2.98. The second-order valence-electron chi connectivity index (χ2n) is 4.80. The molecule has 102 valence electrons. The molecule has 0 saturated heterocycles. The van der Waals surface area contributed by atoms with Gasteiger partial charge in [0.1, 0.15) is 0 Å². The van der Waals surface area contributed by atoms with Crippen LogP contribution in [0.4, 0.5) is 0 Å². The van der Waals surface area contributed by atoms with Crippen LogP contribution in [-0.4, -0.2) is 12.3 Å². The van der Waals surface area contributed by atoms with Crippen LogP contribution in [0.1, 0.15) is 27.5 Å². The number of carbonyl (C=O) groups is 1. The van der Waals surface area contributed by atoms with E-state index in [0.29, 0.717) is 15.6 Å². The summed E-state index contributed by atoms with van der Waals surface area (Å²) in [5.74, 6) is -0.0374. The van der Waals surface area contributed by atoms with Crippen LogP contribution < -0.4 is 5.32 Å². The van der Waals surface area contributed by atoms with Gasteiger partial charge >= 0.3 is 0 Å². The van der Waals surface area contributed by atoms with E-state index in [1.807, 2.05) is 18.2 Å². The molecule has 1 heterocycles. The summed E-state index contributed by atoms with van der Waals surface area (Å²) < 4.78 is 0. The van der Waals surface area contributed by atoms with E-state index in [1.54, 1.807) is 18.2 Å². The van der Waals surface area contributed by atoms with Gasteiger partial charge < -0.3 is 5.32 Å². The molecule has 0 saturated carbocycles. The number of carbonyl (C=O) groups excluding carboxylic acids is 1. The zero-order valence-corrected chi connectivity index (χ0v) is 12.2. The summed E-state index contributed by atoms with van der Waals surface area (Å²) in [6, 6.07) is 12.8. The Labute approximate surface area is 127 Å². The first-order valence-electron chi connectivity index (χ1n) is 6.48. The highest BCUT2D eigenvalue weighted by atomic mass is 35.5. The van der Waals surface area contributed by atoms with E-state index in [9.17, 15) is 4.79 Å². The summed E-state index contributed by atoms with van der Waals surface area (Å²) >= 11 is 12.1. The van der Waals surface area contributed by atoms with E-state index >= 15 is 0 Å². The average Bonchev–Trinajstić information content (AvgIpc) is 2.49. The fourth-order valence-electron chi connectivity index (χ4n) is 2.59. The molecule has 0 bridgehead atoms. The van der Waals surface area contributed by atoms with E-state index in [1.165, 1.54) is 5.56 Å². The van der Waals surface area contributed by atoms with Crippen LogP contribution in [-0.2, 0) is 6.42 Å². The second-order valence-corrected chi connectivity index (χ2v) is 5.59. The lowest BCUT2D eigenvalue weighted by molar-refractivity contribution is 0.0939. The zero-order valence-electron chi connectivity index (χ0n) is 10.7. The van der Waals surface area contributed by atoms with Gasteiger partial charge in [0, 0.05) is 12.1 Å². The van der Waals surface area contributed by atoms with Crippen molar-refractivity contribution in [3.05, 3.63) is 69.2 Å². The quantitative estimate of drug-likeness (QED) is 0.848. The predicted octanol–water partition coefficient (Wildman–Crippen LogP) is 4.06. The van der Waals surface area contributed by atoms with Gasteiger partial charge in [0.05, 0.1) is 16.1 Å². The predicted molar refractivity (Wildman–Crippen MR) is 81.7 cm³/mol. The molecule has 1 aliphatic rings. The topological polar surface area (TPSA) is 29.1 Å². The first-order chi connectivity index (χ1) is 9.68. The number of halogens is 2. The molecule has 1 atom stereocenters. The largest absolute Gasteiger partial charge is 0.303 e. The lowest BCUT2D eigenvalue weighted by atomic mass is 9.89. The summed E-state index contributed by atoms with van der Waals surface area (Å²) in [6.07, 6.45) is 0.934. The lowest BCUT2D eigenvalue weighted by Crippen LogP contribution is -2.35. The van der Waals surface area contributed by atoms with Crippen LogP contribution in [0.25, 0.3) is 0 Å². The zero-order chi connectivity index (χ0) is 14.1. The number of ketones is 1. The van der Waals surface area contributed by atoms with Crippen LogP contribution in [0.2, 0.25) is 10.0 Å². The van der Waals surface area contributed by atoms with Crippen molar-refractivity contribution >= 4 is 29.0 Å².